The van der Waals surface area contributed by atoms with Gasteiger partial charge in [0, 0.05) is 11.3 Å². The highest BCUT2D eigenvalue weighted by Crippen LogP contribution is 2.40. The Kier molecular flexibility index (Phi) is 3.34. The first kappa shape index (κ1) is 12.3. The van der Waals surface area contributed by atoms with Crippen molar-refractivity contribution < 1.29 is 9.90 Å². The van der Waals surface area contributed by atoms with Gasteiger partial charge in [0.1, 0.15) is 5.78 Å². The number of hydrogen-bond donors (Lipinski definition) is 1. The second-order valence-corrected chi connectivity index (χ2v) is 5.60. The SMILES string of the molecule is CC1(C)CCCC(C(O)c2ccccc2)C1=O. The molecule has 2 unspecified atom stereocenters. The molecule has 2 nitrogen and oxygen atoms in total. The van der Waals surface area contributed by atoms with Crippen LogP contribution in [0.3, 0.4) is 0 Å². The van der Waals surface area contributed by atoms with E-state index in [0.717, 1.165) is 24.8 Å². The summed E-state index contributed by atoms with van der Waals surface area (Å²) in [4.78, 5) is 12.3. The van der Waals surface area contributed by atoms with Gasteiger partial charge in [0.15, 0.2) is 0 Å². The predicted molar refractivity (Wildman–Crippen MR) is 67.5 cm³/mol. The van der Waals surface area contributed by atoms with Crippen LogP contribution in [-0.4, -0.2) is 10.9 Å². The van der Waals surface area contributed by atoms with E-state index in [2.05, 4.69) is 0 Å². The molecule has 1 aromatic rings. The lowest BCUT2D eigenvalue weighted by molar-refractivity contribution is -0.138. The van der Waals surface area contributed by atoms with Gasteiger partial charge in [-0.05, 0) is 18.4 Å². The molecule has 1 fully saturated rings. The van der Waals surface area contributed by atoms with E-state index >= 15 is 0 Å². The quantitative estimate of drug-likeness (QED) is 0.850. The maximum atomic E-state index is 12.3. The number of benzene rings is 1. The van der Waals surface area contributed by atoms with Crippen LogP contribution < -0.4 is 0 Å². The number of carbonyl (C=O) groups excluding carboxylic acids is 1. The zero-order valence-corrected chi connectivity index (χ0v) is 10.5. The normalized spacial score (nSPS) is 25.6. The fraction of sp³-hybridized carbons (Fsp3) is 0.533. The van der Waals surface area contributed by atoms with Crippen molar-refractivity contribution in [2.45, 2.75) is 39.2 Å². The molecule has 0 radical (unpaired) electrons. The Labute approximate surface area is 103 Å². The molecule has 0 aliphatic heterocycles. The number of Topliss-reactive ketones (excluding diaryl/α,β-unsaturated/α-hetero) is 1. The molecule has 1 aromatic carbocycles. The summed E-state index contributed by atoms with van der Waals surface area (Å²) in [5.41, 5.74) is 0.571. The van der Waals surface area contributed by atoms with E-state index in [1.807, 2.05) is 44.2 Å². The molecular weight excluding hydrogens is 212 g/mol. The third kappa shape index (κ3) is 2.42. The van der Waals surface area contributed by atoms with Gasteiger partial charge >= 0.3 is 0 Å². The number of hydrogen-bond acceptors (Lipinski definition) is 2. The van der Waals surface area contributed by atoms with Crippen LogP contribution >= 0.6 is 0 Å². The number of aliphatic hydroxyl groups is 1. The van der Waals surface area contributed by atoms with Crippen molar-refractivity contribution in [1.29, 1.82) is 0 Å². The second-order valence-electron chi connectivity index (χ2n) is 5.60. The van der Waals surface area contributed by atoms with Crippen LogP contribution in [0.4, 0.5) is 0 Å². The summed E-state index contributed by atoms with van der Waals surface area (Å²) in [7, 11) is 0. The van der Waals surface area contributed by atoms with Crippen LogP contribution in [0.5, 0.6) is 0 Å². The van der Waals surface area contributed by atoms with Gasteiger partial charge in [-0.2, -0.15) is 0 Å². The summed E-state index contributed by atoms with van der Waals surface area (Å²) in [6.07, 6.45) is 2.11. The van der Waals surface area contributed by atoms with E-state index in [0.29, 0.717) is 0 Å². The zero-order chi connectivity index (χ0) is 12.5. The molecule has 0 bridgehead atoms. The molecule has 2 rings (SSSR count). The van der Waals surface area contributed by atoms with E-state index < -0.39 is 6.10 Å². The second kappa shape index (κ2) is 4.61. The van der Waals surface area contributed by atoms with Crippen LogP contribution in [0.25, 0.3) is 0 Å². The summed E-state index contributed by atoms with van der Waals surface area (Å²) in [5.74, 6) is -0.0266. The topological polar surface area (TPSA) is 37.3 Å². The summed E-state index contributed by atoms with van der Waals surface area (Å²) >= 11 is 0. The summed E-state index contributed by atoms with van der Waals surface area (Å²) in [6, 6.07) is 9.50. The fourth-order valence-electron chi connectivity index (χ4n) is 2.70. The predicted octanol–water partition coefficient (Wildman–Crippen LogP) is 3.12. The Morgan fingerprint density at radius 3 is 2.59 bits per heavy atom. The van der Waals surface area contributed by atoms with Crippen LogP contribution in [0.15, 0.2) is 30.3 Å². The molecule has 1 aliphatic rings. The maximum absolute atomic E-state index is 12.3. The van der Waals surface area contributed by atoms with E-state index in [1.165, 1.54) is 0 Å². The van der Waals surface area contributed by atoms with Gasteiger partial charge in [-0.25, -0.2) is 0 Å². The van der Waals surface area contributed by atoms with E-state index in [4.69, 9.17) is 0 Å². The van der Waals surface area contributed by atoms with Crippen molar-refractivity contribution in [2.24, 2.45) is 11.3 Å². The monoisotopic (exact) mass is 232 g/mol. The van der Waals surface area contributed by atoms with E-state index in [1.54, 1.807) is 0 Å². The smallest absolute Gasteiger partial charge is 0.144 e. The first-order valence-electron chi connectivity index (χ1n) is 6.30. The van der Waals surface area contributed by atoms with Crippen LogP contribution in [0.1, 0.15) is 44.8 Å². The van der Waals surface area contributed by atoms with Crippen molar-refractivity contribution >= 4 is 5.78 Å². The minimum Gasteiger partial charge on any atom is -0.388 e. The highest BCUT2D eigenvalue weighted by molar-refractivity contribution is 5.87. The summed E-state index contributed by atoms with van der Waals surface area (Å²) in [6.45, 7) is 3.97. The lowest BCUT2D eigenvalue weighted by Gasteiger charge is -2.35. The van der Waals surface area contributed by atoms with Crippen LogP contribution in [0, 0.1) is 11.3 Å². The van der Waals surface area contributed by atoms with Crippen molar-refractivity contribution in [2.75, 3.05) is 0 Å². The Bertz CT molecular complexity index is 395. The van der Waals surface area contributed by atoms with Gasteiger partial charge < -0.3 is 5.11 Å². The number of aliphatic hydroxyl groups excluding tert-OH is 1. The molecule has 17 heavy (non-hydrogen) atoms. The lowest BCUT2D eigenvalue weighted by atomic mass is 9.68. The molecule has 2 atom stereocenters. The summed E-state index contributed by atoms with van der Waals surface area (Å²) in [5, 5.41) is 10.3. The highest BCUT2D eigenvalue weighted by Gasteiger charge is 2.40. The van der Waals surface area contributed by atoms with Crippen molar-refractivity contribution in [3.8, 4) is 0 Å². The molecule has 0 saturated heterocycles. The first-order chi connectivity index (χ1) is 8.02. The van der Waals surface area contributed by atoms with E-state index in [9.17, 15) is 9.90 Å². The molecule has 1 saturated carbocycles. The van der Waals surface area contributed by atoms with Gasteiger partial charge in [-0.3, -0.25) is 4.79 Å². The van der Waals surface area contributed by atoms with Crippen molar-refractivity contribution in [3.05, 3.63) is 35.9 Å². The molecule has 0 spiro atoms. The molecule has 92 valence electrons. The molecule has 0 aromatic heterocycles. The molecule has 0 heterocycles. The van der Waals surface area contributed by atoms with Gasteiger partial charge in [-0.1, -0.05) is 50.6 Å². The third-order valence-corrected chi connectivity index (χ3v) is 3.84. The number of ketones is 1. The minimum absolute atomic E-state index is 0.208. The van der Waals surface area contributed by atoms with Crippen LogP contribution in [0.2, 0.25) is 0 Å². The largest absolute Gasteiger partial charge is 0.388 e. The van der Waals surface area contributed by atoms with Gasteiger partial charge in [-0.15, -0.1) is 0 Å². The Morgan fingerprint density at radius 2 is 1.94 bits per heavy atom. The number of rotatable bonds is 2. The van der Waals surface area contributed by atoms with E-state index in [-0.39, 0.29) is 17.1 Å². The Balaban J connectivity index is 2.20. The third-order valence-electron chi connectivity index (χ3n) is 3.84. The van der Waals surface area contributed by atoms with Crippen molar-refractivity contribution in [1.82, 2.24) is 0 Å². The zero-order valence-electron chi connectivity index (χ0n) is 10.5. The summed E-state index contributed by atoms with van der Waals surface area (Å²) < 4.78 is 0. The van der Waals surface area contributed by atoms with Gasteiger partial charge in [0.2, 0.25) is 0 Å². The average Bonchev–Trinajstić information content (AvgIpc) is 2.33. The van der Waals surface area contributed by atoms with Gasteiger partial charge in [0.05, 0.1) is 6.10 Å². The van der Waals surface area contributed by atoms with Crippen LogP contribution in [-0.2, 0) is 4.79 Å². The highest BCUT2D eigenvalue weighted by atomic mass is 16.3. The lowest BCUT2D eigenvalue weighted by Crippen LogP contribution is -2.38. The number of carbonyl (C=O) groups is 1. The van der Waals surface area contributed by atoms with Crippen molar-refractivity contribution in [3.63, 3.8) is 0 Å². The van der Waals surface area contributed by atoms with Gasteiger partial charge in [0.25, 0.3) is 0 Å². The average molecular weight is 232 g/mol. The molecule has 1 N–H and O–H groups in total. The Hall–Kier alpha value is -1.15. The molecule has 0 amide bonds. The fourth-order valence-corrected chi connectivity index (χ4v) is 2.70. The molecule has 1 aliphatic carbocycles. The maximum Gasteiger partial charge on any atom is 0.144 e. The first-order valence-corrected chi connectivity index (χ1v) is 6.30. The molecule has 2 heteroatoms. The molecular formula is C15H20O2. The Morgan fingerprint density at radius 1 is 1.29 bits per heavy atom. The minimum atomic E-state index is -0.650. The standard InChI is InChI=1S/C15H20O2/c1-15(2)10-6-9-12(14(15)17)13(16)11-7-4-3-5-8-11/h3-5,7-8,12-13,16H,6,9-10H2,1-2H3.